The molecular weight excluding hydrogens is 416 g/mol. The smallest absolute Gasteiger partial charge is 0.404 e. The summed E-state index contributed by atoms with van der Waals surface area (Å²) in [5.74, 6) is 0. The van der Waals surface area contributed by atoms with Gasteiger partial charge in [0.2, 0.25) is 0 Å². The summed E-state index contributed by atoms with van der Waals surface area (Å²) in [7, 11) is 0. The van der Waals surface area contributed by atoms with Crippen LogP contribution < -0.4 is 15.5 Å². The average Bonchev–Trinajstić information content (AvgIpc) is 3.26. The molecule has 8 nitrogen and oxygen atoms in total. The Hall–Kier alpha value is -4.07. The number of nitrogens with one attached hydrogen (secondary N) is 3. The van der Waals surface area contributed by atoms with Crippen molar-refractivity contribution in [2.24, 2.45) is 0 Å². The van der Waals surface area contributed by atoms with Gasteiger partial charge in [-0.3, -0.25) is 4.98 Å². The van der Waals surface area contributed by atoms with E-state index in [1.807, 2.05) is 48.9 Å². The first-order chi connectivity index (χ1) is 16.2. The summed E-state index contributed by atoms with van der Waals surface area (Å²) < 4.78 is 0. The van der Waals surface area contributed by atoms with Gasteiger partial charge in [0.05, 0.1) is 16.8 Å². The van der Waals surface area contributed by atoms with E-state index in [0.717, 1.165) is 58.5 Å². The number of H-pyrrole nitrogens is 1. The van der Waals surface area contributed by atoms with Gasteiger partial charge in [0.1, 0.15) is 5.65 Å². The van der Waals surface area contributed by atoms with Crippen LogP contribution in [-0.2, 0) is 6.54 Å². The molecule has 4 N–H and O–H groups in total. The van der Waals surface area contributed by atoms with Crippen LogP contribution in [0.15, 0.2) is 67.3 Å². The summed E-state index contributed by atoms with van der Waals surface area (Å²) in [6.07, 6.45) is 8.23. The molecule has 1 saturated heterocycles. The highest BCUT2D eigenvalue weighted by atomic mass is 16.4. The third kappa shape index (κ3) is 4.45. The van der Waals surface area contributed by atoms with E-state index in [2.05, 4.69) is 37.6 Å². The second-order valence-electron chi connectivity index (χ2n) is 8.26. The molecule has 33 heavy (non-hydrogen) atoms. The molecule has 1 amide bonds. The maximum absolute atomic E-state index is 11.3. The van der Waals surface area contributed by atoms with Crippen molar-refractivity contribution < 1.29 is 9.90 Å². The number of fused-ring (bicyclic) bond motifs is 1. The average molecular weight is 443 g/mol. The number of aromatic nitrogens is 3. The molecule has 4 aromatic rings. The van der Waals surface area contributed by atoms with Crippen molar-refractivity contribution in [3.8, 4) is 11.1 Å². The van der Waals surface area contributed by atoms with Crippen LogP contribution in [-0.4, -0.2) is 45.3 Å². The van der Waals surface area contributed by atoms with Crippen LogP contribution in [0.3, 0.4) is 0 Å². The van der Waals surface area contributed by atoms with Crippen LogP contribution in [0.2, 0.25) is 0 Å². The van der Waals surface area contributed by atoms with Crippen LogP contribution in [0, 0.1) is 0 Å². The van der Waals surface area contributed by atoms with E-state index in [0.29, 0.717) is 13.1 Å². The molecule has 168 valence electrons. The zero-order chi connectivity index (χ0) is 22.6. The summed E-state index contributed by atoms with van der Waals surface area (Å²) in [5.41, 5.74) is 6.02. The quantitative estimate of drug-likeness (QED) is 0.351. The summed E-state index contributed by atoms with van der Waals surface area (Å²) in [6, 6.07) is 14.1. The van der Waals surface area contributed by atoms with Crippen molar-refractivity contribution >= 4 is 28.5 Å². The minimum atomic E-state index is -0.981. The van der Waals surface area contributed by atoms with Gasteiger partial charge in [-0.25, -0.2) is 9.78 Å². The maximum Gasteiger partial charge on any atom is 0.404 e. The fourth-order valence-electron chi connectivity index (χ4n) is 4.55. The van der Waals surface area contributed by atoms with Gasteiger partial charge in [-0.05, 0) is 30.0 Å². The van der Waals surface area contributed by atoms with Crippen molar-refractivity contribution in [1.29, 1.82) is 0 Å². The molecule has 4 heterocycles. The molecule has 0 radical (unpaired) electrons. The number of benzene rings is 1. The highest BCUT2D eigenvalue weighted by Gasteiger charge is 2.26. The van der Waals surface area contributed by atoms with Crippen LogP contribution in [0.5, 0.6) is 0 Å². The molecular formula is C25H26N6O2. The summed E-state index contributed by atoms with van der Waals surface area (Å²) in [4.78, 5) is 25.8. The van der Waals surface area contributed by atoms with E-state index in [1.54, 1.807) is 6.20 Å². The van der Waals surface area contributed by atoms with Gasteiger partial charge in [-0.15, -0.1) is 0 Å². The largest absolute Gasteiger partial charge is 0.465 e. The minimum Gasteiger partial charge on any atom is -0.465 e. The molecule has 1 aliphatic rings. The lowest BCUT2D eigenvalue weighted by Gasteiger charge is -2.36. The molecule has 0 spiro atoms. The minimum absolute atomic E-state index is 0.117. The Balaban J connectivity index is 1.58. The zero-order valence-corrected chi connectivity index (χ0v) is 18.2. The third-order valence-corrected chi connectivity index (χ3v) is 6.03. The topological polar surface area (TPSA) is 106 Å². The zero-order valence-electron chi connectivity index (χ0n) is 18.2. The number of nitrogens with zero attached hydrogens (tertiary/aromatic N) is 3. The lowest BCUT2D eigenvalue weighted by Crippen LogP contribution is -2.47. The van der Waals surface area contributed by atoms with Gasteiger partial charge in [0.15, 0.2) is 0 Å². The predicted octanol–water partition coefficient (Wildman–Crippen LogP) is 4.47. The van der Waals surface area contributed by atoms with Gasteiger partial charge in [-0.1, -0.05) is 36.4 Å². The Bertz CT molecular complexity index is 1240. The second kappa shape index (κ2) is 9.20. The number of carboxylic acid groups (broad SMARTS) is 1. The number of hydrogen-bond acceptors (Lipinski definition) is 5. The van der Waals surface area contributed by atoms with Crippen LogP contribution in [0.4, 0.5) is 16.2 Å². The number of hydrogen-bond donors (Lipinski definition) is 4. The van der Waals surface area contributed by atoms with Crippen LogP contribution >= 0.6 is 0 Å². The Labute approximate surface area is 191 Å². The van der Waals surface area contributed by atoms with Crippen molar-refractivity contribution in [3.05, 3.63) is 72.8 Å². The third-order valence-electron chi connectivity index (χ3n) is 6.03. The fourth-order valence-corrected chi connectivity index (χ4v) is 4.55. The molecule has 0 saturated carbocycles. The van der Waals surface area contributed by atoms with Crippen molar-refractivity contribution in [1.82, 2.24) is 20.3 Å². The van der Waals surface area contributed by atoms with Crippen molar-refractivity contribution in [2.75, 3.05) is 23.3 Å². The SMILES string of the molecule is O=C(O)NC1CCCN(c2c(-c3ccccc3)cnc3[nH]cc(NCc4cccnc4)c23)C1. The van der Waals surface area contributed by atoms with Gasteiger partial charge < -0.3 is 25.6 Å². The van der Waals surface area contributed by atoms with E-state index in [-0.39, 0.29) is 6.04 Å². The highest BCUT2D eigenvalue weighted by molar-refractivity contribution is 6.06. The Kier molecular flexibility index (Phi) is 5.80. The lowest BCUT2D eigenvalue weighted by molar-refractivity contribution is 0.188. The molecule has 3 aromatic heterocycles. The first-order valence-electron chi connectivity index (χ1n) is 11.1. The molecule has 1 fully saturated rings. The fraction of sp³-hybridized carbons (Fsp3) is 0.240. The molecule has 1 unspecified atom stereocenters. The lowest BCUT2D eigenvalue weighted by atomic mass is 9.99. The van der Waals surface area contributed by atoms with Crippen molar-refractivity contribution in [2.45, 2.75) is 25.4 Å². The van der Waals surface area contributed by atoms with E-state index in [9.17, 15) is 9.90 Å². The molecule has 1 aromatic carbocycles. The number of rotatable bonds is 6. The molecule has 5 rings (SSSR count). The van der Waals surface area contributed by atoms with Gasteiger partial charge >= 0.3 is 6.09 Å². The maximum atomic E-state index is 11.3. The number of aromatic amines is 1. The molecule has 1 atom stereocenters. The van der Waals surface area contributed by atoms with E-state index in [4.69, 9.17) is 4.98 Å². The number of amides is 1. The molecule has 0 bridgehead atoms. The van der Waals surface area contributed by atoms with Crippen LogP contribution in [0.1, 0.15) is 18.4 Å². The van der Waals surface area contributed by atoms with E-state index < -0.39 is 6.09 Å². The number of carbonyl (C=O) groups is 1. The Morgan fingerprint density at radius 1 is 1.18 bits per heavy atom. The molecule has 1 aliphatic heterocycles. The number of piperidine rings is 1. The summed E-state index contributed by atoms with van der Waals surface area (Å²) in [5, 5.41) is 16.5. The van der Waals surface area contributed by atoms with E-state index >= 15 is 0 Å². The predicted molar refractivity (Wildman–Crippen MR) is 129 cm³/mol. The van der Waals surface area contributed by atoms with Gasteiger partial charge in [0.25, 0.3) is 0 Å². The summed E-state index contributed by atoms with van der Waals surface area (Å²) >= 11 is 0. The number of anilines is 2. The van der Waals surface area contributed by atoms with Crippen molar-refractivity contribution in [3.63, 3.8) is 0 Å². The Morgan fingerprint density at radius 3 is 2.85 bits per heavy atom. The monoisotopic (exact) mass is 442 g/mol. The molecule has 8 heteroatoms. The van der Waals surface area contributed by atoms with Crippen LogP contribution in [0.25, 0.3) is 22.2 Å². The first kappa shape index (κ1) is 20.8. The summed E-state index contributed by atoms with van der Waals surface area (Å²) in [6.45, 7) is 2.10. The van der Waals surface area contributed by atoms with Gasteiger partial charge in [0, 0.05) is 56.0 Å². The number of pyridine rings is 2. The first-order valence-corrected chi connectivity index (χ1v) is 11.1. The molecule has 0 aliphatic carbocycles. The second-order valence-corrected chi connectivity index (χ2v) is 8.26. The Morgan fingerprint density at radius 2 is 2.06 bits per heavy atom. The highest BCUT2D eigenvalue weighted by Crippen LogP contribution is 2.41. The van der Waals surface area contributed by atoms with E-state index in [1.165, 1.54) is 0 Å². The van der Waals surface area contributed by atoms with Gasteiger partial charge in [-0.2, -0.15) is 0 Å². The normalized spacial score (nSPS) is 16.0. The standard InChI is InChI=1S/C25H26N6O2/c32-25(33)30-19-9-5-11-31(16-19)23-20(18-7-2-1-3-8-18)14-28-24-22(23)21(15-29-24)27-13-17-6-4-10-26-12-17/h1-4,6-8,10,12,14-15,19,27,30H,5,9,11,13,16H2,(H,28,29)(H,32,33).